The van der Waals surface area contributed by atoms with E-state index in [-0.39, 0.29) is 23.3 Å². The minimum atomic E-state index is -0.776. The van der Waals surface area contributed by atoms with Crippen LogP contribution in [-0.2, 0) is 19.2 Å². The van der Waals surface area contributed by atoms with Gasteiger partial charge in [-0.25, -0.2) is 0 Å². The Balaban J connectivity index is 1.83. The van der Waals surface area contributed by atoms with E-state index in [0.29, 0.717) is 11.4 Å². The number of rotatable bonds is 6. The number of nitrogens with one attached hydrogen (secondary N) is 2. The molecule has 8 heteroatoms. The van der Waals surface area contributed by atoms with E-state index in [0.717, 1.165) is 0 Å². The molecule has 0 aromatic heterocycles. The van der Waals surface area contributed by atoms with Crippen molar-refractivity contribution in [1.29, 1.82) is 0 Å². The van der Waals surface area contributed by atoms with Crippen LogP contribution < -0.4 is 20.1 Å². The van der Waals surface area contributed by atoms with Crippen molar-refractivity contribution in [2.75, 3.05) is 10.6 Å². The molecule has 0 aliphatic heterocycles. The van der Waals surface area contributed by atoms with E-state index in [9.17, 15) is 19.2 Å². The number of hydrogen-bond donors (Lipinski definition) is 2. The van der Waals surface area contributed by atoms with Gasteiger partial charge in [0, 0.05) is 25.2 Å². The first-order valence-corrected chi connectivity index (χ1v) is 7.98. The van der Waals surface area contributed by atoms with Crippen molar-refractivity contribution >= 4 is 35.1 Å². The number of esters is 2. The summed E-state index contributed by atoms with van der Waals surface area (Å²) in [5.41, 5.74) is 1.12. The summed E-state index contributed by atoms with van der Waals surface area (Å²) in [4.78, 5) is 45.5. The van der Waals surface area contributed by atoms with Crippen molar-refractivity contribution in [3.63, 3.8) is 0 Å². The fourth-order valence-corrected chi connectivity index (χ4v) is 2.07. The van der Waals surface area contributed by atoms with E-state index in [1.54, 1.807) is 24.3 Å². The smallest absolute Gasteiger partial charge is 0.322 e. The Morgan fingerprint density at radius 3 is 1.30 bits per heavy atom. The van der Waals surface area contributed by atoms with Crippen LogP contribution in [0.4, 0.5) is 11.4 Å². The van der Waals surface area contributed by atoms with Crippen LogP contribution in [0.15, 0.2) is 48.5 Å². The molecule has 0 heterocycles. The average molecular weight is 370 g/mol. The molecule has 8 nitrogen and oxygen atoms in total. The van der Waals surface area contributed by atoms with Crippen molar-refractivity contribution in [2.24, 2.45) is 0 Å². The number of carbonyl (C=O) groups excluding carboxylic acids is 4. The Morgan fingerprint density at radius 1 is 0.667 bits per heavy atom. The molecule has 0 unspecified atom stereocenters. The first-order chi connectivity index (χ1) is 12.8. The molecule has 2 aromatic rings. The van der Waals surface area contributed by atoms with Gasteiger partial charge in [-0.05, 0) is 48.5 Å². The average Bonchev–Trinajstić information content (AvgIpc) is 2.57. The molecule has 2 aromatic carbocycles. The van der Waals surface area contributed by atoms with Gasteiger partial charge in [-0.2, -0.15) is 0 Å². The van der Waals surface area contributed by atoms with Gasteiger partial charge in [0.2, 0.25) is 11.8 Å². The third-order valence-corrected chi connectivity index (χ3v) is 3.10. The topological polar surface area (TPSA) is 111 Å². The standard InChI is InChI=1S/C19H18N2O6/c1-12(22)20-14-3-7-16(8-4-14)26-18(24)11-19(25)27-17-9-5-15(6-10-17)21-13(2)23/h3-10H,11H2,1-2H3,(H,20,22)(H,21,23). The van der Waals surface area contributed by atoms with Crippen LogP contribution >= 0.6 is 0 Å². The monoisotopic (exact) mass is 370 g/mol. The first kappa shape index (κ1) is 19.6. The van der Waals surface area contributed by atoms with Crippen LogP contribution in [0, 0.1) is 0 Å². The van der Waals surface area contributed by atoms with Gasteiger partial charge in [-0.1, -0.05) is 0 Å². The van der Waals surface area contributed by atoms with Gasteiger partial charge in [0.1, 0.15) is 17.9 Å². The summed E-state index contributed by atoms with van der Waals surface area (Å²) in [7, 11) is 0. The maximum Gasteiger partial charge on any atom is 0.322 e. The number of hydrogen-bond acceptors (Lipinski definition) is 6. The quantitative estimate of drug-likeness (QED) is 0.459. The normalized spacial score (nSPS) is 9.85. The third kappa shape index (κ3) is 6.99. The van der Waals surface area contributed by atoms with E-state index >= 15 is 0 Å². The summed E-state index contributed by atoms with van der Waals surface area (Å²) >= 11 is 0. The summed E-state index contributed by atoms with van der Waals surface area (Å²) in [6.07, 6.45) is -0.569. The Morgan fingerprint density at radius 2 is 1.00 bits per heavy atom. The fraction of sp³-hybridized carbons (Fsp3) is 0.158. The van der Waals surface area contributed by atoms with Crippen molar-refractivity contribution in [3.05, 3.63) is 48.5 Å². The summed E-state index contributed by atoms with van der Waals surface area (Å²) in [6, 6.07) is 12.3. The van der Waals surface area contributed by atoms with Gasteiger partial charge in [-0.15, -0.1) is 0 Å². The Kier molecular flexibility index (Phi) is 6.65. The molecule has 0 bridgehead atoms. The van der Waals surface area contributed by atoms with E-state index < -0.39 is 18.4 Å². The van der Waals surface area contributed by atoms with Crippen molar-refractivity contribution < 1.29 is 28.7 Å². The molecule has 140 valence electrons. The molecule has 2 rings (SSSR count). The number of carbonyl (C=O) groups is 4. The molecule has 0 saturated carbocycles. The lowest BCUT2D eigenvalue weighted by Crippen LogP contribution is -2.18. The van der Waals surface area contributed by atoms with Gasteiger partial charge in [-0.3, -0.25) is 19.2 Å². The molecule has 2 amide bonds. The molecule has 0 atom stereocenters. The van der Waals surface area contributed by atoms with Gasteiger partial charge in [0.05, 0.1) is 0 Å². The Labute approximate surface area is 155 Å². The maximum absolute atomic E-state index is 11.8. The summed E-state index contributed by atoms with van der Waals surface area (Å²) < 4.78 is 10.1. The molecular weight excluding hydrogens is 352 g/mol. The fourth-order valence-electron chi connectivity index (χ4n) is 2.07. The predicted molar refractivity (Wildman–Crippen MR) is 97.4 cm³/mol. The summed E-state index contributed by atoms with van der Waals surface area (Å²) in [5, 5.41) is 5.16. The second kappa shape index (κ2) is 9.14. The molecule has 2 N–H and O–H groups in total. The molecule has 27 heavy (non-hydrogen) atoms. The Bertz CT molecular complexity index is 772. The maximum atomic E-state index is 11.8. The highest BCUT2D eigenvalue weighted by Crippen LogP contribution is 2.18. The SMILES string of the molecule is CC(=O)Nc1ccc(OC(=O)CC(=O)Oc2ccc(NC(C)=O)cc2)cc1. The molecule has 0 spiro atoms. The van der Waals surface area contributed by atoms with E-state index in [1.807, 2.05) is 0 Å². The first-order valence-electron chi connectivity index (χ1n) is 7.98. The zero-order valence-corrected chi connectivity index (χ0v) is 14.8. The number of anilines is 2. The van der Waals surface area contributed by atoms with E-state index in [2.05, 4.69) is 10.6 Å². The van der Waals surface area contributed by atoms with Crippen LogP contribution in [0.2, 0.25) is 0 Å². The third-order valence-electron chi connectivity index (χ3n) is 3.10. The second-order valence-corrected chi connectivity index (χ2v) is 5.54. The van der Waals surface area contributed by atoms with Crippen LogP contribution in [0.5, 0.6) is 11.5 Å². The largest absolute Gasteiger partial charge is 0.426 e. The number of amides is 2. The summed E-state index contributed by atoms with van der Waals surface area (Å²) in [6.45, 7) is 2.76. The van der Waals surface area contributed by atoms with Crippen LogP contribution in [-0.4, -0.2) is 23.8 Å². The van der Waals surface area contributed by atoms with Gasteiger partial charge < -0.3 is 20.1 Å². The van der Waals surface area contributed by atoms with Gasteiger partial charge in [0.15, 0.2) is 0 Å². The van der Waals surface area contributed by atoms with Crippen LogP contribution in [0.1, 0.15) is 20.3 Å². The second-order valence-electron chi connectivity index (χ2n) is 5.54. The van der Waals surface area contributed by atoms with E-state index in [4.69, 9.17) is 9.47 Å². The van der Waals surface area contributed by atoms with Crippen molar-refractivity contribution in [2.45, 2.75) is 20.3 Å². The number of ether oxygens (including phenoxy) is 2. The summed E-state index contributed by atoms with van der Waals surface area (Å²) in [5.74, 6) is -1.51. The van der Waals surface area contributed by atoms with Crippen LogP contribution in [0.3, 0.4) is 0 Å². The highest BCUT2D eigenvalue weighted by molar-refractivity contribution is 5.93. The highest BCUT2D eigenvalue weighted by Gasteiger charge is 2.14. The minimum absolute atomic E-state index is 0.215. The molecular formula is C19H18N2O6. The van der Waals surface area contributed by atoms with Crippen molar-refractivity contribution in [3.8, 4) is 11.5 Å². The lowest BCUT2D eigenvalue weighted by Gasteiger charge is -2.07. The number of benzene rings is 2. The Hall–Kier alpha value is -3.68. The molecule has 0 radical (unpaired) electrons. The minimum Gasteiger partial charge on any atom is -0.426 e. The zero-order chi connectivity index (χ0) is 19.8. The lowest BCUT2D eigenvalue weighted by molar-refractivity contribution is -0.144. The highest BCUT2D eigenvalue weighted by atomic mass is 16.6. The predicted octanol–water partition coefficient (Wildman–Crippen LogP) is 2.50. The molecule has 0 saturated heterocycles. The van der Waals surface area contributed by atoms with Crippen molar-refractivity contribution in [1.82, 2.24) is 0 Å². The zero-order valence-electron chi connectivity index (χ0n) is 14.8. The van der Waals surface area contributed by atoms with Crippen LogP contribution in [0.25, 0.3) is 0 Å². The lowest BCUT2D eigenvalue weighted by atomic mass is 10.3. The van der Waals surface area contributed by atoms with E-state index in [1.165, 1.54) is 38.1 Å². The molecule has 0 fully saturated rings. The van der Waals surface area contributed by atoms with Gasteiger partial charge >= 0.3 is 11.9 Å². The van der Waals surface area contributed by atoms with Gasteiger partial charge in [0.25, 0.3) is 0 Å². The molecule has 0 aliphatic carbocycles. The molecule has 0 aliphatic rings.